The van der Waals surface area contributed by atoms with Crippen LogP contribution in [-0.2, 0) is 6.54 Å². The molecule has 2 N–H and O–H groups in total. The second kappa shape index (κ2) is 4.42. The number of hydrogen-bond acceptors (Lipinski definition) is 4. The molecule has 3 aromatic rings. The summed E-state index contributed by atoms with van der Waals surface area (Å²) >= 11 is 0. The quantitative estimate of drug-likeness (QED) is 0.752. The summed E-state index contributed by atoms with van der Waals surface area (Å²) in [6.45, 7) is 0.611. The van der Waals surface area contributed by atoms with Gasteiger partial charge >= 0.3 is 0 Å². The van der Waals surface area contributed by atoms with Crippen molar-refractivity contribution in [2.45, 2.75) is 6.54 Å². The Balaban J connectivity index is 2.15. The lowest BCUT2D eigenvalue weighted by molar-refractivity contribution is 0.836. The molecular formula is C14H11N5. The molecule has 0 aliphatic rings. The number of nitrogen functional groups attached to an aromatic ring is 1. The summed E-state index contributed by atoms with van der Waals surface area (Å²) in [6, 6.07) is 11.5. The molecule has 3 rings (SSSR count). The van der Waals surface area contributed by atoms with E-state index >= 15 is 0 Å². The third-order valence-electron chi connectivity index (χ3n) is 3.02. The van der Waals surface area contributed by atoms with Gasteiger partial charge in [-0.1, -0.05) is 6.07 Å². The number of nitrogens with zero attached hydrogens (tertiary/aromatic N) is 4. The highest BCUT2D eigenvalue weighted by atomic mass is 15.1. The van der Waals surface area contributed by atoms with Gasteiger partial charge in [-0.3, -0.25) is 4.98 Å². The van der Waals surface area contributed by atoms with Crippen molar-refractivity contribution in [3.63, 3.8) is 0 Å². The van der Waals surface area contributed by atoms with Crippen LogP contribution in [0.15, 0.2) is 42.7 Å². The number of aromatic nitrogens is 3. The molecule has 2 aromatic heterocycles. The van der Waals surface area contributed by atoms with Gasteiger partial charge in [-0.15, -0.1) is 0 Å². The van der Waals surface area contributed by atoms with Crippen LogP contribution in [0.1, 0.15) is 11.1 Å². The summed E-state index contributed by atoms with van der Waals surface area (Å²) in [7, 11) is 0. The van der Waals surface area contributed by atoms with Gasteiger partial charge in [0, 0.05) is 12.4 Å². The standard InChI is InChI=1S/C14H11N5/c15-8-11-2-1-3-12-13(11)18-14(16)19(12)9-10-4-6-17-7-5-10/h1-7H,9H2,(H2,16,18). The third kappa shape index (κ3) is 1.89. The average molecular weight is 249 g/mol. The number of nitriles is 1. The van der Waals surface area contributed by atoms with Gasteiger partial charge in [0.25, 0.3) is 0 Å². The molecule has 5 heteroatoms. The molecule has 0 amide bonds. The van der Waals surface area contributed by atoms with E-state index in [2.05, 4.69) is 16.0 Å². The van der Waals surface area contributed by atoms with Gasteiger partial charge in [-0.05, 0) is 29.8 Å². The first-order chi connectivity index (χ1) is 9.29. The van der Waals surface area contributed by atoms with Gasteiger partial charge in [0.15, 0.2) is 0 Å². The Morgan fingerprint density at radius 3 is 2.74 bits per heavy atom. The lowest BCUT2D eigenvalue weighted by Crippen LogP contribution is -2.04. The zero-order valence-electron chi connectivity index (χ0n) is 10.1. The first-order valence-corrected chi connectivity index (χ1v) is 5.83. The van der Waals surface area contributed by atoms with E-state index in [1.54, 1.807) is 18.5 Å². The molecule has 5 nitrogen and oxygen atoms in total. The molecule has 0 atom stereocenters. The van der Waals surface area contributed by atoms with Crippen molar-refractivity contribution in [1.29, 1.82) is 5.26 Å². The van der Waals surface area contributed by atoms with Crippen LogP contribution in [0, 0.1) is 11.3 Å². The minimum absolute atomic E-state index is 0.412. The SMILES string of the molecule is N#Cc1cccc2c1nc(N)n2Cc1ccncc1. The molecule has 92 valence electrons. The summed E-state index contributed by atoms with van der Waals surface area (Å²) in [5, 5.41) is 9.08. The Hall–Kier alpha value is -2.87. The molecule has 0 radical (unpaired) electrons. The molecule has 0 aliphatic carbocycles. The van der Waals surface area contributed by atoms with E-state index < -0.39 is 0 Å². The smallest absolute Gasteiger partial charge is 0.201 e. The maximum atomic E-state index is 9.08. The fourth-order valence-electron chi connectivity index (χ4n) is 2.09. The summed E-state index contributed by atoms with van der Waals surface area (Å²) in [5.41, 5.74) is 9.10. The molecule has 1 aromatic carbocycles. The second-order valence-electron chi connectivity index (χ2n) is 4.20. The fourth-order valence-corrected chi connectivity index (χ4v) is 2.09. The number of rotatable bonds is 2. The second-order valence-corrected chi connectivity index (χ2v) is 4.20. The molecule has 0 aliphatic heterocycles. The van der Waals surface area contributed by atoms with E-state index in [4.69, 9.17) is 11.0 Å². The molecule has 0 spiro atoms. The summed E-state index contributed by atoms with van der Waals surface area (Å²) in [4.78, 5) is 8.27. The van der Waals surface area contributed by atoms with Crippen molar-refractivity contribution >= 4 is 17.0 Å². The number of nitrogens with two attached hydrogens (primary N) is 1. The molecule has 0 saturated heterocycles. The van der Waals surface area contributed by atoms with Gasteiger partial charge in [0.2, 0.25) is 5.95 Å². The maximum Gasteiger partial charge on any atom is 0.201 e. The van der Waals surface area contributed by atoms with Crippen molar-refractivity contribution in [1.82, 2.24) is 14.5 Å². The molecule has 0 saturated carbocycles. The highest BCUT2D eigenvalue weighted by Crippen LogP contribution is 2.22. The minimum Gasteiger partial charge on any atom is -0.369 e. The predicted molar refractivity (Wildman–Crippen MR) is 72.2 cm³/mol. The van der Waals surface area contributed by atoms with Gasteiger partial charge in [0.05, 0.1) is 17.6 Å². The van der Waals surface area contributed by atoms with Gasteiger partial charge in [0.1, 0.15) is 11.6 Å². The summed E-state index contributed by atoms with van der Waals surface area (Å²) in [6.07, 6.45) is 3.48. The van der Waals surface area contributed by atoms with Crippen LogP contribution < -0.4 is 5.73 Å². The third-order valence-corrected chi connectivity index (χ3v) is 3.02. The Bertz CT molecular complexity index is 768. The first-order valence-electron chi connectivity index (χ1n) is 5.83. The monoisotopic (exact) mass is 249 g/mol. The fraction of sp³-hybridized carbons (Fsp3) is 0.0714. The summed E-state index contributed by atoms with van der Waals surface area (Å²) < 4.78 is 1.89. The van der Waals surface area contributed by atoms with Crippen molar-refractivity contribution in [2.24, 2.45) is 0 Å². The normalized spacial score (nSPS) is 10.5. The van der Waals surface area contributed by atoms with Gasteiger partial charge in [-0.25, -0.2) is 4.98 Å². The van der Waals surface area contributed by atoms with E-state index in [1.807, 2.05) is 28.8 Å². The van der Waals surface area contributed by atoms with Crippen LogP contribution in [0.25, 0.3) is 11.0 Å². The van der Waals surface area contributed by atoms with Crippen LogP contribution in [0.2, 0.25) is 0 Å². The number of imidazole rings is 1. The average Bonchev–Trinajstić information content (AvgIpc) is 2.76. The predicted octanol–water partition coefficient (Wildman–Crippen LogP) is 1.93. The number of hydrogen-bond donors (Lipinski definition) is 1. The minimum atomic E-state index is 0.412. The lowest BCUT2D eigenvalue weighted by Gasteiger charge is -2.06. The topological polar surface area (TPSA) is 80.5 Å². The van der Waals surface area contributed by atoms with E-state index in [0.29, 0.717) is 23.6 Å². The molecule has 0 bridgehead atoms. The van der Waals surface area contributed by atoms with E-state index in [0.717, 1.165) is 11.1 Å². The molecule has 0 unspecified atom stereocenters. The number of anilines is 1. The van der Waals surface area contributed by atoms with Crippen LogP contribution in [0.3, 0.4) is 0 Å². The van der Waals surface area contributed by atoms with Crippen LogP contribution in [-0.4, -0.2) is 14.5 Å². The van der Waals surface area contributed by atoms with Gasteiger partial charge < -0.3 is 10.3 Å². The Kier molecular flexibility index (Phi) is 2.62. The van der Waals surface area contributed by atoms with E-state index in [9.17, 15) is 0 Å². The Labute approximate surface area is 109 Å². The molecular weight excluding hydrogens is 238 g/mol. The lowest BCUT2D eigenvalue weighted by atomic mass is 10.2. The Morgan fingerprint density at radius 2 is 2.00 bits per heavy atom. The number of para-hydroxylation sites is 1. The Morgan fingerprint density at radius 1 is 1.21 bits per heavy atom. The van der Waals surface area contributed by atoms with E-state index in [1.165, 1.54) is 0 Å². The molecule has 2 heterocycles. The number of benzene rings is 1. The maximum absolute atomic E-state index is 9.08. The van der Waals surface area contributed by atoms with Crippen LogP contribution in [0.4, 0.5) is 5.95 Å². The first kappa shape index (κ1) is 11.2. The largest absolute Gasteiger partial charge is 0.369 e. The highest BCUT2D eigenvalue weighted by molar-refractivity contribution is 5.84. The zero-order valence-corrected chi connectivity index (χ0v) is 10.1. The van der Waals surface area contributed by atoms with Crippen molar-refractivity contribution < 1.29 is 0 Å². The van der Waals surface area contributed by atoms with Crippen molar-refractivity contribution in [2.75, 3.05) is 5.73 Å². The van der Waals surface area contributed by atoms with Crippen molar-refractivity contribution in [3.05, 3.63) is 53.9 Å². The summed E-state index contributed by atoms with van der Waals surface area (Å²) in [5.74, 6) is 0.412. The van der Waals surface area contributed by atoms with Crippen LogP contribution in [0.5, 0.6) is 0 Å². The zero-order chi connectivity index (χ0) is 13.2. The van der Waals surface area contributed by atoms with Gasteiger partial charge in [-0.2, -0.15) is 5.26 Å². The number of pyridine rings is 1. The van der Waals surface area contributed by atoms with Crippen LogP contribution >= 0.6 is 0 Å². The molecule has 19 heavy (non-hydrogen) atoms. The number of fused-ring (bicyclic) bond motifs is 1. The van der Waals surface area contributed by atoms with Crippen molar-refractivity contribution in [3.8, 4) is 6.07 Å². The molecule has 0 fully saturated rings. The highest BCUT2D eigenvalue weighted by Gasteiger charge is 2.11. The van der Waals surface area contributed by atoms with E-state index in [-0.39, 0.29) is 0 Å².